The van der Waals surface area contributed by atoms with E-state index in [0.717, 1.165) is 17.7 Å². The van der Waals surface area contributed by atoms with E-state index in [4.69, 9.17) is 0 Å². The zero-order chi connectivity index (χ0) is 33.0. The molecule has 2 aromatic heterocycles. The van der Waals surface area contributed by atoms with E-state index in [1.165, 1.54) is 19.2 Å². The fourth-order valence-corrected chi connectivity index (χ4v) is 5.85. The van der Waals surface area contributed by atoms with E-state index in [1.807, 2.05) is 49.2 Å². The lowest BCUT2D eigenvalue weighted by atomic mass is 9.94. The molecule has 0 aliphatic rings. The molecule has 3 aromatic carbocycles. The lowest BCUT2D eigenvalue weighted by Crippen LogP contribution is -2.27. The maximum atomic E-state index is 15.0. The Balaban J connectivity index is 1.80. The molecule has 0 atom stereocenters. The minimum Gasteiger partial charge on any atom is -0.477 e. The van der Waals surface area contributed by atoms with E-state index in [1.54, 1.807) is 28.8 Å². The summed E-state index contributed by atoms with van der Waals surface area (Å²) in [5, 5.41) is 13.2. The topological polar surface area (TPSA) is 105 Å². The lowest BCUT2D eigenvalue weighted by molar-refractivity contribution is -0.114. The van der Waals surface area contributed by atoms with Crippen LogP contribution in [0, 0.1) is 11.6 Å². The average molecular weight is 625 g/mol. The quantitative estimate of drug-likeness (QED) is 0.171. The fourth-order valence-electron chi connectivity index (χ4n) is 5.85. The zero-order valence-electron chi connectivity index (χ0n) is 25.8. The van der Waals surface area contributed by atoms with Crippen molar-refractivity contribution in [2.75, 3.05) is 12.4 Å². The molecule has 1 amide bonds. The van der Waals surface area contributed by atoms with Crippen LogP contribution in [0.1, 0.15) is 53.0 Å². The van der Waals surface area contributed by atoms with E-state index in [0.29, 0.717) is 41.0 Å². The molecule has 8 nitrogen and oxygen atoms in total. The number of carboxylic acid groups (broad SMARTS) is 1. The largest absolute Gasteiger partial charge is 0.477 e. The maximum Gasteiger partial charge on any atom is 0.341 e. The van der Waals surface area contributed by atoms with Gasteiger partial charge in [0.1, 0.15) is 17.2 Å². The first-order chi connectivity index (χ1) is 22.1. The number of hydrogen-bond acceptors (Lipinski definition) is 5. The summed E-state index contributed by atoms with van der Waals surface area (Å²) in [6, 6.07) is 20.2. The third kappa shape index (κ3) is 6.72. The predicted molar refractivity (Wildman–Crippen MR) is 174 cm³/mol. The van der Waals surface area contributed by atoms with Crippen molar-refractivity contribution in [3.05, 3.63) is 129 Å². The molecule has 0 unspecified atom stereocenters. The second kappa shape index (κ2) is 13.8. The van der Waals surface area contributed by atoms with Crippen LogP contribution < -0.4 is 10.7 Å². The summed E-state index contributed by atoms with van der Waals surface area (Å²) in [4.78, 5) is 45.1. The first-order valence-corrected chi connectivity index (χ1v) is 14.9. The number of aromatic carboxylic acids is 1. The summed E-state index contributed by atoms with van der Waals surface area (Å²) >= 11 is 0. The number of hydrogen-bond donors (Lipinski definition) is 2. The number of nitrogens with zero attached hydrogens (tertiary/aromatic N) is 3. The normalized spacial score (nSPS) is 11.3. The summed E-state index contributed by atoms with van der Waals surface area (Å²) in [6.07, 6.45) is 2.21. The predicted octanol–water partition coefficient (Wildman–Crippen LogP) is 6.63. The number of nitrogens with one attached hydrogen (secondary N) is 1. The second-order valence-electron chi connectivity index (χ2n) is 11.2. The van der Waals surface area contributed by atoms with Gasteiger partial charge >= 0.3 is 5.97 Å². The van der Waals surface area contributed by atoms with E-state index < -0.39 is 28.6 Å². The fraction of sp³-hybridized carbons (Fsp3) is 0.222. The highest BCUT2D eigenvalue weighted by molar-refractivity contribution is 5.97. The number of rotatable bonds is 11. The van der Waals surface area contributed by atoms with Crippen molar-refractivity contribution >= 4 is 28.5 Å². The van der Waals surface area contributed by atoms with Gasteiger partial charge in [0.25, 0.3) is 0 Å². The van der Waals surface area contributed by atoms with Crippen LogP contribution in [0.5, 0.6) is 0 Å². The van der Waals surface area contributed by atoms with Gasteiger partial charge in [-0.3, -0.25) is 19.5 Å². The van der Waals surface area contributed by atoms with Crippen molar-refractivity contribution in [2.24, 2.45) is 0 Å². The zero-order valence-corrected chi connectivity index (χ0v) is 25.8. The second-order valence-corrected chi connectivity index (χ2v) is 11.2. The minimum absolute atomic E-state index is 0.138. The number of carbonyl (C=O) groups is 2. The van der Waals surface area contributed by atoms with E-state index in [9.17, 15) is 28.3 Å². The van der Waals surface area contributed by atoms with Crippen molar-refractivity contribution in [1.29, 1.82) is 0 Å². The third-order valence-electron chi connectivity index (χ3n) is 7.81. The van der Waals surface area contributed by atoms with Gasteiger partial charge in [-0.05, 0) is 54.9 Å². The van der Waals surface area contributed by atoms with E-state index in [2.05, 4.69) is 10.3 Å². The molecular weight excluding hydrogens is 590 g/mol. The molecule has 0 aliphatic heterocycles. The van der Waals surface area contributed by atoms with E-state index in [-0.39, 0.29) is 42.1 Å². The molecule has 46 heavy (non-hydrogen) atoms. The standard InChI is InChI=1S/C36H34F2N4O4/c1-4-9-31-34(36(45)46)35(44)33-26(20-41(3)19-23-10-6-5-7-11-23)25(30-16-14-24(18-39-30)40-22(2)43)15-17-32(33)42(31)21-27-28(37)12-8-13-29(27)38/h5-8,10-18H,4,9,19-21H2,1-3H3,(H,40,43)(H,45,46). The third-order valence-corrected chi connectivity index (χ3v) is 7.81. The number of benzene rings is 3. The maximum absolute atomic E-state index is 15.0. The molecule has 0 saturated carbocycles. The van der Waals surface area contributed by atoms with Gasteiger partial charge < -0.3 is 15.0 Å². The van der Waals surface area contributed by atoms with Crippen LogP contribution in [0.3, 0.4) is 0 Å². The minimum atomic E-state index is -1.41. The Morgan fingerprint density at radius 1 is 0.935 bits per heavy atom. The number of amides is 1. The Labute approximate surface area is 265 Å². The molecule has 0 saturated heterocycles. The van der Waals surface area contributed by atoms with Gasteiger partial charge in [0, 0.05) is 36.8 Å². The number of halogens is 2. The molecule has 10 heteroatoms. The number of anilines is 1. The average Bonchev–Trinajstić information content (AvgIpc) is 3.01. The molecule has 0 radical (unpaired) electrons. The highest BCUT2D eigenvalue weighted by atomic mass is 19.1. The van der Waals surface area contributed by atoms with Gasteiger partial charge in [0.2, 0.25) is 11.3 Å². The Hall–Kier alpha value is -5.22. The van der Waals surface area contributed by atoms with Crippen LogP contribution in [0.25, 0.3) is 22.2 Å². The Morgan fingerprint density at radius 2 is 1.65 bits per heavy atom. The van der Waals surface area contributed by atoms with Gasteiger partial charge in [-0.15, -0.1) is 0 Å². The molecule has 2 heterocycles. The van der Waals surface area contributed by atoms with Crippen LogP contribution in [-0.2, 0) is 30.8 Å². The number of fused-ring (bicyclic) bond motifs is 1. The van der Waals surface area contributed by atoms with Crippen molar-refractivity contribution < 1.29 is 23.5 Å². The first-order valence-electron chi connectivity index (χ1n) is 14.9. The molecule has 236 valence electrons. The molecule has 5 aromatic rings. The van der Waals surface area contributed by atoms with Crippen molar-refractivity contribution in [1.82, 2.24) is 14.5 Å². The Morgan fingerprint density at radius 3 is 2.26 bits per heavy atom. The highest BCUT2D eigenvalue weighted by Crippen LogP contribution is 2.32. The van der Waals surface area contributed by atoms with Crippen molar-refractivity contribution in [3.8, 4) is 11.3 Å². The molecule has 0 fully saturated rings. The summed E-state index contributed by atoms with van der Waals surface area (Å²) < 4.78 is 31.5. The summed E-state index contributed by atoms with van der Waals surface area (Å²) in [6.45, 7) is 3.68. The molecule has 5 rings (SSSR count). The van der Waals surface area contributed by atoms with Crippen LogP contribution in [0.2, 0.25) is 0 Å². The number of pyridine rings is 2. The first kappa shape index (κ1) is 32.2. The van der Waals surface area contributed by atoms with E-state index >= 15 is 0 Å². The molecular formula is C36H34F2N4O4. The highest BCUT2D eigenvalue weighted by Gasteiger charge is 2.26. The van der Waals surface area contributed by atoms with Crippen LogP contribution in [0.15, 0.2) is 83.8 Å². The summed E-state index contributed by atoms with van der Waals surface area (Å²) in [5.74, 6) is -3.20. The van der Waals surface area contributed by atoms with Gasteiger partial charge in [-0.25, -0.2) is 13.6 Å². The smallest absolute Gasteiger partial charge is 0.341 e. The van der Waals surface area contributed by atoms with Crippen molar-refractivity contribution in [3.63, 3.8) is 0 Å². The molecule has 0 spiro atoms. The number of aromatic nitrogens is 2. The SMILES string of the molecule is CCCc1c(C(=O)O)c(=O)c2c(CN(C)Cc3ccccc3)c(-c3ccc(NC(C)=O)cn3)ccc2n1Cc1c(F)cccc1F. The number of carboxylic acids is 1. The Kier molecular flexibility index (Phi) is 9.67. The number of carbonyl (C=O) groups excluding carboxylic acids is 1. The summed E-state index contributed by atoms with van der Waals surface area (Å²) in [5.41, 5.74) is 2.37. The van der Waals surface area contributed by atoms with Gasteiger partial charge in [0.15, 0.2) is 0 Å². The molecule has 2 N–H and O–H groups in total. The van der Waals surface area contributed by atoms with Gasteiger partial charge in [0.05, 0.1) is 35.0 Å². The van der Waals surface area contributed by atoms with Gasteiger partial charge in [-0.1, -0.05) is 55.8 Å². The Bertz CT molecular complexity index is 1960. The van der Waals surface area contributed by atoms with Gasteiger partial charge in [-0.2, -0.15) is 0 Å². The summed E-state index contributed by atoms with van der Waals surface area (Å²) in [7, 11) is 1.89. The monoisotopic (exact) mass is 624 g/mol. The van der Waals surface area contributed by atoms with Crippen molar-refractivity contribution in [2.45, 2.75) is 46.3 Å². The van der Waals surface area contributed by atoms with Crippen LogP contribution in [-0.4, -0.2) is 38.5 Å². The van der Waals surface area contributed by atoms with Crippen LogP contribution in [0.4, 0.5) is 14.5 Å². The van der Waals surface area contributed by atoms with Crippen LogP contribution >= 0.6 is 0 Å². The lowest BCUT2D eigenvalue weighted by Gasteiger charge is -2.24. The molecule has 0 bridgehead atoms. The molecule has 0 aliphatic carbocycles.